The summed E-state index contributed by atoms with van der Waals surface area (Å²) in [5.41, 5.74) is 1.68. The van der Waals surface area contributed by atoms with E-state index in [0.29, 0.717) is 23.8 Å². The van der Waals surface area contributed by atoms with E-state index in [4.69, 9.17) is 14.2 Å². The zero-order chi connectivity index (χ0) is 17.5. The summed E-state index contributed by atoms with van der Waals surface area (Å²) in [5.74, 6) is 1.22. The predicted octanol–water partition coefficient (Wildman–Crippen LogP) is 3.57. The smallest absolute Gasteiger partial charge is 0.262 e. The number of hydrogen-bond donors (Lipinski definition) is 1. The van der Waals surface area contributed by atoms with Crippen LogP contribution >= 0.6 is 0 Å². The first kappa shape index (κ1) is 17.3. The van der Waals surface area contributed by atoms with Gasteiger partial charge in [0.25, 0.3) is 5.91 Å². The Balaban J connectivity index is 1.49. The summed E-state index contributed by atoms with van der Waals surface area (Å²) >= 11 is 0. The van der Waals surface area contributed by atoms with Gasteiger partial charge in [0.05, 0.1) is 6.10 Å². The van der Waals surface area contributed by atoms with E-state index < -0.39 is 0 Å². The summed E-state index contributed by atoms with van der Waals surface area (Å²) in [5, 5.41) is 2.82. The summed E-state index contributed by atoms with van der Waals surface area (Å²) in [7, 11) is 0. The van der Waals surface area contributed by atoms with Crippen molar-refractivity contribution in [1.29, 1.82) is 0 Å². The topological polar surface area (TPSA) is 56.8 Å². The van der Waals surface area contributed by atoms with Gasteiger partial charge in [-0.25, -0.2) is 0 Å². The Morgan fingerprint density at radius 1 is 1.20 bits per heavy atom. The van der Waals surface area contributed by atoms with Crippen molar-refractivity contribution in [2.24, 2.45) is 0 Å². The van der Waals surface area contributed by atoms with Gasteiger partial charge in [0.15, 0.2) is 6.61 Å². The lowest BCUT2D eigenvalue weighted by molar-refractivity contribution is -0.118. The number of rotatable bonds is 7. The lowest BCUT2D eigenvalue weighted by Gasteiger charge is -2.13. The maximum absolute atomic E-state index is 12.1. The van der Waals surface area contributed by atoms with Crippen LogP contribution in [0.4, 0.5) is 5.69 Å². The third-order valence-corrected chi connectivity index (χ3v) is 4.03. The van der Waals surface area contributed by atoms with Crippen molar-refractivity contribution >= 4 is 11.6 Å². The molecule has 0 unspecified atom stereocenters. The molecule has 1 saturated heterocycles. The number of hydrogen-bond acceptors (Lipinski definition) is 4. The molecule has 0 aromatic heterocycles. The average Bonchev–Trinajstić information content (AvgIpc) is 3.13. The fourth-order valence-corrected chi connectivity index (χ4v) is 2.69. The number of para-hydroxylation sites is 1. The fourth-order valence-electron chi connectivity index (χ4n) is 2.69. The second kappa shape index (κ2) is 8.53. The normalized spacial score (nSPS) is 16.4. The summed E-state index contributed by atoms with van der Waals surface area (Å²) < 4.78 is 16.8. The molecule has 1 aliphatic rings. The number of benzene rings is 2. The summed E-state index contributed by atoms with van der Waals surface area (Å²) in [4.78, 5) is 12.1. The Kier molecular flexibility index (Phi) is 5.90. The molecule has 0 radical (unpaired) electrons. The van der Waals surface area contributed by atoms with Gasteiger partial charge in [0, 0.05) is 18.4 Å². The van der Waals surface area contributed by atoms with E-state index in [1.807, 2.05) is 49.4 Å². The highest BCUT2D eigenvalue weighted by atomic mass is 16.5. The van der Waals surface area contributed by atoms with Crippen LogP contribution < -0.4 is 14.8 Å². The van der Waals surface area contributed by atoms with Crippen molar-refractivity contribution in [3.8, 4) is 11.5 Å². The van der Waals surface area contributed by atoms with E-state index in [1.54, 1.807) is 6.07 Å². The number of aryl methyl sites for hydroxylation is 1. The van der Waals surface area contributed by atoms with Crippen LogP contribution in [0.15, 0.2) is 48.5 Å². The number of carbonyl (C=O) groups is 1. The molecule has 5 nitrogen and oxygen atoms in total. The van der Waals surface area contributed by atoms with Gasteiger partial charge in [0.2, 0.25) is 0 Å². The average molecular weight is 341 g/mol. The van der Waals surface area contributed by atoms with E-state index in [0.717, 1.165) is 25.0 Å². The van der Waals surface area contributed by atoms with Gasteiger partial charge in [-0.3, -0.25) is 4.79 Å². The minimum absolute atomic E-state index is 0.0359. The van der Waals surface area contributed by atoms with Crippen LogP contribution in [-0.2, 0) is 9.53 Å². The molecule has 1 atom stereocenters. The van der Waals surface area contributed by atoms with Gasteiger partial charge in [-0.1, -0.05) is 24.3 Å². The van der Waals surface area contributed by atoms with Gasteiger partial charge in [0.1, 0.15) is 18.1 Å². The summed E-state index contributed by atoms with van der Waals surface area (Å²) in [6.45, 7) is 3.26. The zero-order valence-electron chi connectivity index (χ0n) is 14.4. The molecule has 0 spiro atoms. The monoisotopic (exact) mass is 341 g/mol. The second-order valence-electron chi connectivity index (χ2n) is 6.08. The van der Waals surface area contributed by atoms with Crippen LogP contribution in [0.3, 0.4) is 0 Å². The van der Waals surface area contributed by atoms with Crippen molar-refractivity contribution in [2.45, 2.75) is 25.9 Å². The Morgan fingerprint density at radius 3 is 2.88 bits per heavy atom. The molecule has 1 N–H and O–H groups in total. The zero-order valence-corrected chi connectivity index (χ0v) is 14.4. The van der Waals surface area contributed by atoms with Gasteiger partial charge < -0.3 is 19.5 Å². The molecule has 1 heterocycles. The second-order valence-corrected chi connectivity index (χ2v) is 6.08. The van der Waals surface area contributed by atoms with Gasteiger partial charge >= 0.3 is 0 Å². The van der Waals surface area contributed by atoms with E-state index in [9.17, 15) is 4.79 Å². The van der Waals surface area contributed by atoms with E-state index in [2.05, 4.69) is 5.32 Å². The Labute approximate surface area is 147 Å². The quantitative estimate of drug-likeness (QED) is 0.836. The Bertz CT molecular complexity index is 710. The van der Waals surface area contributed by atoms with Crippen molar-refractivity contribution in [3.05, 3.63) is 54.1 Å². The highest BCUT2D eigenvalue weighted by Gasteiger charge is 2.16. The summed E-state index contributed by atoms with van der Waals surface area (Å²) in [6.07, 6.45) is 2.29. The molecule has 1 aliphatic heterocycles. The highest BCUT2D eigenvalue weighted by Crippen LogP contribution is 2.20. The van der Waals surface area contributed by atoms with Crippen LogP contribution in [0.1, 0.15) is 18.4 Å². The molecule has 0 aliphatic carbocycles. The molecule has 3 rings (SSSR count). The van der Waals surface area contributed by atoms with Crippen LogP contribution in [-0.4, -0.2) is 31.8 Å². The van der Waals surface area contributed by atoms with Crippen molar-refractivity contribution in [2.75, 3.05) is 25.1 Å². The molecular formula is C20H23NO4. The maximum atomic E-state index is 12.1. The Hall–Kier alpha value is -2.53. The third-order valence-electron chi connectivity index (χ3n) is 4.03. The number of carbonyl (C=O) groups excluding carboxylic acids is 1. The van der Waals surface area contributed by atoms with Crippen LogP contribution in [0, 0.1) is 6.92 Å². The largest absolute Gasteiger partial charge is 0.491 e. The molecule has 25 heavy (non-hydrogen) atoms. The number of anilines is 1. The molecule has 0 saturated carbocycles. The maximum Gasteiger partial charge on any atom is 0.262 e. The fraction of sp³-hybridized carbons (Fsp3) is 0.350. The van der Waals surface area contributed by atoms with Crippen molar-refractivity contribution < 1.29 is 19.0 Å². The van der Waals surface area contributed by atoms with Gasteiger partial charge in [-0.2, -0.15) is 0 Å². The number of ether oxygens (including phenoxy) is 3. The minimum Gasteiger partial charge on any atom is -0.491 e. The molecular weight excluding hydrogens is 318 g/mol. The standard InChI is InChI=1S/C20H23NO4/c1-15-6-2-3-10-19(15)25-14-20(22)21-16-7-4-8-17(12-16)24-13-18-9-5-11-23-18/h2-4,6-8,10,12,18H,5,9,11,13-14H2,1H3,(H,21,22)/t18-/m1/s1. The number of nitrogens with one attached hydrogen (secondary N) is 1. The van der Waals surface area contributed by atoms with E-state index >= 15 is 0 Å². The van der Waals surface area contributed by atoms with E-state index in [-0.39, 0.29) is 18.6 Å². The first-order valence-electron chi connectivity index (χ1n) is 8.53. The predicted molar refractivity (Wildman–Crippen MR) is 96.2 cm³/mol. The highest BCUT2D eigenvalue weighted by molar-refractivity contribution is 5.92. The Morgan fingerprint density at radius 2 is 2.08 bits per heavy atom. The lowest BCUT2D eigenvalue weighted by atomic mass is 10.2. The van der Waals surface area contributed by atoms with Crippen LogP contribution in [0.25, 0.3) is 0 Å². The number of amides is 1. The van der Waals surface area contributed by atoms with Gasteiger partial charge in [-0.15, -0.1) is 0 Å². The molecule has 2 aromatic rings. The SMILES string of the molecule is Cc1ccccc1OCC(=O)Nc1cccc(OC[C@H]2CCCO2)c1. The molecule has 1 fully saturated rings. The molecule has 0 bridgehead atoms. The van der Waals surface area contributed by atoms with Crippen LogP contribution in [0.5, 0.6) is 11.5 Å². The first-order chi connectivity index (χ1) is 12.2. The molecule has 5 heteroatoms. The first-order valence-corrected chi connectivity index (χ1v) is 8.53. The summed E-state index contributed by atoms with van der Waals surface area (Å²) in [6, 6.07) is 15.0. The molecule has 2 aromatic carbocycles. The lowest BCUT2D eigenvalue weighted by Crippen LogP contribution is -2.20. The van der Waals surface area contributed by atoms with Crippen molar-refractivity contribution in [3.63, 3.8) is 0 Å². The van der Waals surface area contributed by atoms with Gasteiger partial charge in [-0.05, 0) is 43.5 Å². The van der Waals surface area contributed by atoms with E-state index in [1.165, 1.54) is 0 Å². The minimum atomic E-state index is -0.209. The van der Waals surface area contributed by atoms with Crippen molar-refractivity contribution in [1.82, 2.24) is 0 Å². The van der Waals surface area contributed by atoms with Crippen LogP contribution in [0.2, 0.25) is 0 Å². The molecule has 132 valence electrons. The molecule has 1 amide bonds. The third kappa shape index (κ3) is 5.22.